The zero-order valence-corrected chi connectivity index (χ0v) is 12.9. The summed E-state index contributed by atoms with van der Waals surface area (Å²) in [5, 5.41) is 13.7. The molecule has 2 aromatic rings. The lowest BCUT2D eigenvalue weighted by Crippen LogP contribution is -2.17. The third-order valence-corrected chi connectivity index (χ3v) is 4.71. The van der Waals surface area contributed by atoms with Gasteiger partial charge in [-0.25, -0.2) is 0 Å². The molecule has 0 bridgehead atoms. The summed E-state index contributed by atoms with van der Waals surface area (Å²) in [5.41, 5.74) is 0. The van der Waals surface area contributed by atoms with Gasteiger partial charge in [0, 0.05) is 19.1 Å². The fourth-order valence-corrected chi connectivity index (χ4v) is 3.29. The maximum absolute atomic E-state index is 11.8. The molecule has 21 heavy (non-hydrogen) atoms. The summed E-state index contributed by atoms with van der Waals surface area (Å²) in [6, 6.07) is 0. The van der Waals surface area contributed by atoms with Gasteiger partial charge >= 0.3 is 5.97 Å². The molecule has 0 spiro atoms. The number of nitrogens with zero attached hydrogens (tertiary/aromatic N) is 4. The number of aromatic nitrogens is 4. The Kier molecular flexibility index (Phi) is 4.16. The van der Waals surface area contributed by atoms with E-state index >= 15 is 0 Å². The molecule has 1 aliphatic rings. The van der Waals surface area contributed by atoms with E-state index in [4.69, 9.17) is 9.47 Å². The van der Waals surface area contributed by atoms with Gasteiger partial charge in [0.15, 0.2) is 5.82 Å². The summed E-state index contributed by atoms with van der Waals surface area (Å²) in [4.78, 5) is 12.5. The van der Waals surface area contributed by atoms with Crippen LogP contribution in [0.2, 0.25) is 0 Å². The molecule has 7 nitrogen and oxygen atoms in total. The third kappa shape index (κ3) is 2.77. The van der Waals surface area contributed by atoms with Crippen molar-refractivity contribution in [1.29, 1.82) is 0 Å². The molecule has 1 saturated heterocycles. The molecule has 1 unspecified atom stereocenters. The van der Waals surface area contributed by atoms with Gasteiger partial charge in [0.1, 0.15) is 10.9 Å². The van der Waals surface area contributed by atoms with Gasteiger partial charge in [0.2, 0.25) is 4.96 Å². The molecule has 8 heteroatoms. The average Bonchev–Trinajstić information content (AvgIpc) is 3.07. The van der Waals surface area contributed by atoms with E-state index in [0.717, 1.165) is 36.8 Å². The van der Waals surface area contributed by atoms with E-state index in [1.54, 1.807) is 18.4 Å². The van der Waals surface area contributed by atoms with Gasteiger partial charge in [-0.15, -0.1) is 10.2 Å². The maximum Gasteiger partial charge on any atom is 0.315 e. The van der Waals surface area contributed by atoms with Crippen LogP contribution in [0.15, 0.2) is 0 Å². The van der Waals surface area contributed by atoms with Crippen LogP contribution < -0.4 is 0 Å². The van der Waals surface area contributed by atoms with Crippen LogP contribution in [0.1, 0.15) is 49.4 Å². The molecule has 1 aliphatic heterocycles. The van der Waals surface area contributed by atoms with Gasteiger partial charge in [0.05, 0.1) is 6.61 Å². The summed E-state index contributed by atoms with van der Waals surface area (Å²) >= 11 is 1.39. The summed E-state index contributed by atoms with van der Waals surface area (Å²) in [7, 11) is 0. The molecule has 3 heterocycles. The first-order valence-electron chi connectivity index (χ1n) is 7.17. The lowest BCUT2D eigenvalue weighted by molar-refractivity contribution is -0.144. The van der Waals surface area contributed by atoms with Crippen molar-refractivity contribution >= 4 is 22.3 Å². The molecule has 0 aliphatic carbocycles. The molecule has 0 aromatic carbocycles. The van der Waals surface area contributed by atoms with E-state index in [-0.39, 0.29) is 11.9 Å². The smallest absolute Gasteiger partial charge is 0.315 e. The molecule has 2 aromatic heterocycles. The minimum Gasteiger partial charge on any atom is -0.465 e. The SMILES string of the molecule is CCOC(=O)C(C)c1nn2c(C3CCOCC3)nnc2s1. The van der Waals surface area contributed by atoms with Crippen molar-refractivity contribution in [1.82, 2.24) is 19.8 Å². The van der Waals surface area contributed by atoms with E-state index in [0.29, 0.717) is 17.5 Å². The van der Waals surface area contributed by atoms with Crippen molar-refractivity contribution in [2.75, 3.05) is 19.8 Å². The predicted molar refractivity (Wildman–Crippen MR) is 76.5 cm³/mol. The fraction of sp³-hybridized carbons (Fsp3) is 0.692. The van der Waals surface area contributed by atoms with Crippen LogP contribution in [-0.4, -0.2) is 45.6 Å². The van der Waals surface area contributed by atoms with Crippen molar-refractivity contribution < 1.29 is 14.3 Å². The molecular formula is C13H18N4O3S. The first-order valence-corrected chi connectivity index (χ1v) is 7.98. The zero-order valence-electron chi connectivity index (χ0n) is 12.1. The Hall–Kier alpha value is -1.54. The van der Waals surface area contributed by atoms with Crippen LogP contribution in [0, 0.1) is 0 Å². The number of esters is 1. The molecule has 0 radical (unpaired) electrons. The van der Waals surface area contributed by atoms with E-state index in [1.807, 2.05) is 0 Å². The molecule has 0 N–H and O–H groups in total. The monoisotopic (exact) mass is 310 g/mol. The van der Waals surface area contributed by atoms with E-state index in [2.05, 4.69) is 15.3 Å². The standard InChI is InChI=1S/C13H18N4O3S/c1-3-20-12(18)8(2)11-16-17-10(14-15-13(17)21-11)9-4-6-19-7-5-9/h8-9H,3-7H2,1-2H3. The van der Waals surface area contributed by atoms with Crippen molar-refractivity contribution in [3.05, 3.63) is 10.8 Å². The largest absolute Gasteiger partial charge is 0.465 e. The lowest BCUT2D eigenvalue weighted by Gasteiger charge is -2.19. The van der Waals surface area contributed by atoms with Crippen LogP contribution in [0.4, 0.5) is 0 Å². The summed E-state index contributed by atoms with van der Waals surface area (Å²) in [6.45, 7) is 5.47. The molecular weight excluding hydrogens is 292 g/mol. The van der Waals surface area contributed by atoms with E-state index < -0.39 is 0 Å². The highest BCUT2D eigenvalue weighted by Gasteiger charge is 2.26. The van der Waals surface area contributed by atoms with Crippen molar-refractivity contribution in [3.8, 4) is 0 Å². The maximum atomic E-state index is 11.8. The molecule has 0 amide bonds. The minimum absolute atomic E-state index is 0.255. The Labute approximate surface area is 126 Å². The van der Waals surface area contributed by atoms with Crippen molar-refractivity contribution in [2.24, 2.45) is 0 Å². The molecule has 1 atom stereocenters. The van der Waals surface area contributed by atoms with Crippen LogP contribution in [0.25, 0.3) is 4.96 Å². The van der Waals surface area contributed by atoms with E-state index in [9.17, 15) is 4.79 Å². The van der Waals surface area contributed by atoms with Crippen molar-refractivity contribution in [3.63, 3.8) is 0 Å². The molecule has 114 valence electrons. The highest BCUT2D eigenvalue weighted by Crippen LogP contribution is 2.29. The number of hydrogen-bond acceptors (Lipinski definition) is 7. The normalized spacial score (nSPS) is 18.0. The lowest BCUT2D eigenvalue weighted by atomic mass is 10.00. The number of rotatable bonds is 4. The van der Waals surface area contributed by atoms with Crippen LogP contribution >= 0.6 is 11.3 Å². The Morgan fingerprint density at radius 1 is 1.48 bits per heavy atom. The molecule has 0 saturated carbocycles. The Morgan fingerprint density at radius 2 is 2.24 bits per heavy atom. The Morgan fingerprint density at radius 3 is 2.95 bits per heavy atom. The first kappa shape index (κ1) is 14.4. The van der Waals surface area contributed by atoms with Gasteiger partial charge in [-0.2, -0.15) is 9.61 Å². The van der Waals surface area contributed by atoms with Gasteiger partial charge in [0.25, 0.3) is 0 Å². The van der Waals surface area contributed by atoms with Crippen molar-refractivity contribution in [2.45, 2.75) is 38.5 Å². The van der Waals surface area contributed by atoms with Gasteiger partial charge in [-0.3, -0.25) is 4.79 Å². The predicted octanol–water partition coefficient (Wildman–Crippen LogP) is 1.75. The first-order chi connectivity index (χ1) is 10.2. The molecule has 3 rings (SSSR count). The average molecular weight is 310 g/mol. The van der Waals surface area contributed by atoms with Gasteiger partial charge < -0.3 is 9.47 Å². The Bertz CT molecular complexity index is 632. The second-order valence-corrected chi connectivity index (χ2v) is 6.04. The minimum atomic E-state index is -0.376. The zero-order chi connectivity index (χ0) is 14.8. The van der Waals surface area contributed by atoms with Crippen LogP contribution in [0.3, 0.4) is 0 Å². The Balaban J connectivity index is 1.86. The van der Waals surface area contributed by atoms with Gasteiger partial charge in [-0.1, -0.05) is 11.3 Å². The fourth-order valence-electron chi connectivity index (χ4n) is 2.40. The topological polar surface area (TPSA) is 78.6 Å². The number of fused-ring (bicyclic) bond motifs is 1. The second kappa shape index (κ2) is 6.07. The second-order valence-electron chi connectivity index (χ2n) is 5.05. The summed E-state index contributed by atoms with van der Waals surface area (Å²) in [5.74, 6) is 0.558. The number of carbonyl (C=O) groups excluding carboxylic acids is 1. The number of hydrogen-bond donors (Lipinski definition) is 0. The molecule has 1 fully saturated rings. The third-order valence-electron chi connectivity index (χ3n) is 3.63. The highest BCUT2D eigenvalue weighted by molar-refractivity contribution is 7.16. The van der Waals surface area contributed by atoms with Crippen LogP contribution in [-0.2, 0) is 14.3 Å². The number of carbonyl (C=O) groups is 1. The van der Waals surface area contributed by atoms with E-state index in [1.165, 1.54) is 11.3 Å². The highest BCUT2D eigenvalue weighted by atomic mass is 32.1. The van der Waals surface area contributed by atoms with Gasteiger partial charge in [-0.05, 0) is 26.7 Å². The number of ether oxygens (including phenoxy) is 2. The summed E-state index contributed by atoms with van der Waals surface area (Å²) in [6.07, 6.45) is 1.86. The summed E-state index contributed by atoms with van der Waals surface area (Å²) < 4.78 is 12.2. The quantitative estimate of drug-likeness (QED) is 0.801. The van der Waals surface area contributed by atoms with Crippen LogP contribution in [0.5, 0.6) is 0 Å².